The monoisotopic (exact) mass is 558 g/mol. The molecule has 1 fully saturated rings. The maximum absolute atomic E-state index is 13.4. The summed E-state index contributed by atoms with van der Waals surface area (Å²) in [6.45, 7) is 4.19. The van der Waals surface area contributed by atoms with Crippen LogP contribution in [0.2, 0.25) is 0 Å². The number of aromatic nitrogens is 1. The van der Waals surface area contributed by atoms with Gasteiger partial charge < -0.3 is 14.5 Å². The number of sulfonamides is 1. The van der Waals surface area contributed by atoms with Gasteiger partial charge in [0.25, 0.3) is 15.9 Å². The molecule has 1 amide bonds. The number of ether oxygens (including phenoxy) is 1. The predicted octanol–water partition coefficient (Wildman–Crippen LogP) is 4.20. The van der Waals surface area contributed by atoms with Crippen LogP contribution in [-0.2, 0) is 14.8 Å². The molecular weight excluding hydrogens is 528 g/mol. The highest BCUT2D eigenvalue weighted by Gasteiger charge is 2.27. The molecule has 3 aromatic carbocycles. The Kier molecular flexibility index (Phi) is 7.70. The largest absolute Gasteiger partial charge is 0.462 e. The van der Waals surface area contributed by atoms with Gasteiger partial charge >= 0.3 is 5.97 Å². The third-order valence-electron chi connectivity index (χ3n) is 7.02. The fourth-order valence-corrected chi connectivity index (χ4v) is 6.21. The Hall–Kier alpha value is -4.44. The van der Waals surface area contributed by atoms with Crippen LogP contribution in [0.15, 0.2) is 90.0 Å². The summed E-state index contributed by atoms with van der Waals surface area (Å²) in [5.74, 6) is -0.492. The number of amides is 1. The van der Waals surface area contributed by atoms with Gasteiger partial charge in [0, 0.05) is 50.4 Å². The number of hydrogen-bond donors (Lipinski definition) is 0. The summed E-state index contributed by atoms with van der Waals surface area (Å²) < 4.78 is 33.3. The Morgan fingerprint density at radius 2 is 1.60 bits per heavy atom. The lowest BCUT2D eigenvalue weighted by molar-refractivity contribution is 0.0526. The molecule has 1 aliphatic heterocycles. The molecule has 0 unspecified atom stereocenters. The number of pyridine rings is 1. The molecule has 9 nitrogen and oxygen atoms in total. The molecule has 2 heterocycles. The van der Waals surface area contributed by atoms with E-state index in [9.17, 15) is 18.0 Å². The number of piperazine rings is 1. The predicted molar refractivity (Wildman–Crippen MR) is 154 cm³/mol. The molecule has 4 aromatic rings. The fourth-order valence-electron chi connectivity index (χ4n) is 4.85. The van der Waals surface area contributed by atoms with Gasteiger partial charge in [-0.1, -0.05) is 30.3 Å². The van der Waals surface area contributed by atoms with Gasteiger partial charge in [-0.25, -0.2) is 13.2 Å². The maximum Gasteiger partial charge on any atom is 0.340 e. The van der Waals surface area contributed by atoms with E-state index >= 15 is 0 Å². The number of fused-ring (bicyclic) bond motifs is 1. The van der Waals surface area contributed by atoms with Crippen molar-refractivity contribution < 1.29 is 22.7 Å². The zero-order valence-electron chi connectivity index (χ0n) is 22.4. The smallest absolute Gasteiger partial charge is 0.340 e. The van der Waals surface area contributed by atoms with Gasteiger partial charge in [0.05, 0.1) is 29.1 Å². The first-order chi connectivity index (χ1) is 19.3. The molecule has 0 N–H and O–H groups in total. The van der Waals surface area contributed by atoms with E-state index in [0.29, 0.717) is 55.1 Å². The number of anilines is 2. The van der Waals surface area contributed by atoms with Gasteiger partial charge in [-0.05, 0) is 55.5 Å². The molecule has 1 saturated heterocycles. The Bertz CT molecular complexity index is 1640. The SMILES string of the molecule is CCOC(=O)c1ccccc1N1CCN(C(=O)c2ccc(N(C)S(=O)(=O)c3cccc4cccnc34)cc2)CC1. The van der Waals surface area contributed by atoms with Crippen molar-refractivity contribution in [1.29, 1.82) is 0 Å². The highest BCUT2D eigenvalue weighted by atomic mass is 32.2. The Morgan fingerprint density at radius 3 is 2.33 bits per heavy atom. The summed E-state index contributed by atoms with van der Waals surface area (Å²) in [6.07, 6.45) is 1.57. The number of benzene rings is 3. The first kappa shape index (κ1) is 27.1. The second kappa shape index (κ2) is 11.4. The van der Waals surface area contributed by atoms with E-state index < -0.39 is 10.0 Å². The Morgan fingerprint density at radius 1 is 0.900 bits per heavy atom. The van der Waals surface area contributed by atoms with Crippen LogP contribution in [0.1, 0.15) is 27.6 Å². The van der Waals surface area contributed by atoms with Gasteiger partial charge in [0.15, 0.2) is 0 Å². The molecule has 0 saturated carbocycles. The van der Waals surface area contributed by atoms with E-state index in [2.05, 4.69) is 9.88 Å². The molecule has 10 heteroatoms. The molecule has 1 aromatic heterocycles. The highest BCUT2D eigenvalue weighted by molar-refractivity contribution is 7.93. The van der Waals surface area contributed by atoms with Crippen molar-refractivity contribution in [3.8, 4) is 0 Å². The first-order valence-corrected chi connectivity index (χ1v) is 14.5. The van der Waals surface area contributed by atoms with Crippen molar-refractivity contribution in [1.82, 2.24) is 9.88 Å². The quantitative estimate of drug-likeness (QED) is 0.314. The number of carbonyl (C=O) groups excluding carboxylic acids is 2. The lowest BCUT2D eigenvalue weighted by atomic mass is 10.1. The lowest BCUT2D eigenvalue weighted by Crippen LogP contribution is -2.49. The molecule has 0 atom stereocenters. The van der Waals surface area contributed by atoms with Crippen molar-refractivity contribution in [2.45, 2.75) is 11.8 Å². The molecule has 206 valence electrons. The number of carbonyl (C=O) groups is 2. The van der Waals surface area contributed by atoms with E-state index in [4.69, 9.17) is 4.74 Å². The summed E-state index contributed by atoms with van der Waals surface area (Å²) in [6, 6.07) is 22.5. The van der Waals surface area contributed by atoms with Crippen molar-refractivity contribution in [3.63, 3.8) is 0 Å². The minimum atomic E-state index is -3.88. The first-order valence-electron chi connectivity index (χ1n) is 13.0. The van der Waals surface area contributed by atoms with Crippen LogP contribution in [-0.4, -0.2) is 70.0 Å². The van der Waals surface area contributed by atoms with Gasteiger partial charge in [0.2, 0.25) is 0 Å². The minimum Gasteiger partial charge on any atom is -0.462 e. The van der Waals surface area contributed by atoms with Crippen molar-refractivity contribution >= 4 is 44.2 Å². The summed E-state index contributed by atoms with van der Waals surface area (Å²) in [5.41, 5.74) is 2.63. The molecule has 5 rings (SSSR count). The van der Waals surface area contributed by atoms with Crippen LogP contribution in [0.4, 0.5) is 11.4 Å². The van der Waals surface area contributed by atoms with E-state index in [1.165, 1.54) is 11.4 Å². The fraction of sp³-hybridized carbons (Fsp3) is 0.233. The van der Waals surface area contributed by atoms with Crippen LogP contribution < -0.4 is 9.21 Å². The third kappa shape index (κ3) is 5.22. The third-order valence-corrected chi connectivity index (χ3v) is 8.84. The Labute approximate surface area is 233 Å². The normalized spacial score (nSPS) is 13.8. The number of rotatable bonds is 7. The second-order valence-electron chi connectivity index (χ2n) is 9.37. The molecule has 1 aliphatic rings. The van der Waals surface area contributed by atoms with Gasteiger partial charge in [-0.15, -0.1) is 0 Å². The van der Waals surface area contributed by atoms with Gasteiger partial charge in [-0.2, -0.15) is 0 Å². The summed E-state index contributed by atoms with van der Waals surface area (Å²) >= 11 is 0. The van der Waals surface area contributed by atoms with E-state index in [1.807, 2.05) is 24.3 Å². The zero-order chi connectivity index (χ0) is 28.3. The average molecular weight is 559 g/mol. The Balaban J connectivity index is 1.27. The number of nitrogens with zero attached hydrogens (tertiary/aromatic N) is 4. The van der Waals surface area contributed by atoms with E-state index in [-0.39, 0.29) is 16.8 Å². The van der Waals surface area contributed by atoms with Crippen LogP contribution in [0.25, 0.3) is 10.9 Å². The summed E-state index contributed by atoms with van der Waals surface area (Å²) in [7, 11) is -2.39. The standard InChI is InChI=1S/C30H30N4O5S/c1-3-39-30(36)25-10-4-5-11-26(25)33-18-20-34(21-19-33)29(35)23-13-15-24(16-14-23)32(2)40(37,38)27-12-6-8-22-9-7-17-31-28(22)27/h4-17H,3,18-21H2,1-2H3. The summed E-state index contributed by atoms with van der Waals surface area (Å²) in [5, 5.41) is 0.738. The molecule has 0 bridgehead atoms. The van der Waals surface area contributed by atoms with Crippen LogP contribution >= 0.6 is 0 Å². The lowest BCUT2D eigenvalue weighted by Gasteiger charge is -2.36. The second-order valence-corrected chi connectivity index (χ2v) is 11.3. The van der Waals surface area contributed by atoms with Crippen molar-refractivity contribution in [3.05, 3.63) is 96.2 Å². The minimum absolute atomic E-state index is 0.121. The number of hydrogen-bond acceptors (Lipinski definition) is 7. The molecule has 0 aliphatic carbocycles. The number of esters is 1. The molecular formula is C30H30N4O5S. The van der Waals surface area contributed by atoms with E-state index in [1.54, 1.807) is 72.6 Å². The van der Waals surface area contributed by atoms with Crippen LogP contribution in [0.3, 0.4) is 0 Å². The average Bonchev–Trinajstić information content (AvgIpc) is 3.00. The van der Waals surface area contributed by atoms with Crippen LogP contribution in [0, 0.1) is 0 Å². The molecule has 0 spiro atoms. The van der Waals surface area contributed by atoms with Gasteiger partial charge in [-0.3, -0.25) is 14.1 Å². The van der Waals surface area contributed by atoms with Crippen molar-refractivity contribution in [2.75, 3.05) is 49.0 Å². The molecule has 0 radical (unpaired) electrons. The van der Waals surface area contributed by atoms with Crippen molar-refractivity contribution in [2.24, 2.45) is 0 Å². The van der Waals surface area contributed by atoms with Crippen LogP contribution in [0.5, 0.6) is 0 Å². The number of para-hydroxylation sites is 2. The zero-order valence-corrected chi connectivity index (χ0v) is 23.2. The highest BCUT2D eigenvalue weighted by Crippen LogP contribution is 2.28. The van der Waals surface area contributed by atoms with E-state index in [0.717, 1.165) is 11.1 Å². The molecule has 40 heavy (non-hydrogen) atoms. The topological polar surface area (TPSA) is 100 Å². The summed E-state index contributed by atoms with van der Waals surface area (Å²) in [4.78, 5) is 33.9. The van der Waals surface area contributed by atoms with Gasteiger partial charge in [0.1, 0.15) is 4.90 Å². The maximum atomic E-state index is 13.4.